The number of rotatable bonds is 5. The fraction of sp³-hybridized carbons (Fsp3) is 0.562. The molecule has 112 valence electrons. The summed E-state index contributed by atoms with van der Waals surface area (Å²) in [4.78, 5) is 11.7. The zero-order chi connectivity index (χ0) is 15.3. The van der Waals surface area contributed by atoms with E-state index in [-0.39, 0.29) is 19.1 Å². The van der Waals surface area contributed by atoms with E-state index in [9.17, 15) is 4.79 Å². The topological polar surface area (TPSA) is 55.8 Å². The lowest BCUT2D eigenvalue weighted by molar-refractivity contribution is 0.0380. The molecule has 0 aliphatic rings. The lowest BCUT2D eigenvalue weighted by Gasteiger charge is -2.21. The van der Waals surface area contributed by atoms with Gasteiger partial charge in [0, 0.05) is 5.41 Å². The van der Waals surface area contributed by atoms with E-state index in [1.165, 1.54) is 0 Å². The van der Waals surface area contributed by atoms with Gasteiger partial charge in [-0.1, -0.05) is 39.8 Å². The minimum absolute atomic E-state index is 0.0536. The minimum atomic E-state index is -0.737. The third-order valence-corrected chi connectivity index (χ3v) is 2.99. The van der Waals surface area contributed by atoms with Gasteiger partial charge in [-0.2, -0.15) is 0 Å². The number of hydrogen-bond acceptors (Lipinski definition) is 4. The van der Waals surface area contributed by atoms with Crippen molar-refractivity contribution < 1.29 is 19.4 Å². The van der Waals surface area contributed by atoms with Gasteiger partial charge < -0.3 is 14.6 Å². The lowest BCUT2D eigenvalue weighted by atomic mass is 9.97. The fourth-order valence-electron chi connectivity index (χ4n) is 1.63. The van der Waals surface area contributed by atoms with Crippen molar-refractivity contribution in [2.24, 2.45) is 5.41 Å². The van der Waals surface area contributed by atoms with E-state index in [2.05, 4.69) is 0 Å². The first-order valence-corrected chi connectivity index (χ1v) is 6.81. The highest BCUT2D eigenvalue weighted by molar-refractivity contribution is 5.65. The second-order valence-electron chi connectivity index (χ2n) is 6.16. The van der Waals surface area contributed by atoms with Crippen LogP contribution < -0.4 is 4.74 Å². The van der Waals surface area contributed by atoms with Gasteiger partial charge >= 0.3 is 6.16 Å². The molecule has 0 spiro atoms. The first kappa shape index (κ1) is 16.5. The Morgan fingerprint density at radius 1 is 1.35 bits per heavy atom. The van der Waals surface area contributed by atoms with Crippen molar-refractivity contribution in [3.8, 4) is 5.75 Å². The van der Waals surface area contributed by atoms with Crippen LogP contribution in [-0.4, -0.2) is 24.5 Å². The van der Waals surface area contributed by atoms with Crippen LogP contribution in [0.4, 0.5) is 4.79 Å². The molecule has 0 amide bonds. The van der Waals surface area contributed by atoms with Crippen molar-refractivity contribution in [3.05, 3.63) is 29.3 Å². The van der Waals surface area contributed by atoms with E-state index in [0.29, 0.717) is 5.75 Å². The summed E-state index contributed by atoms with van der Waals surface area (Å²) in [6.45, 7) is 9.71. The van der Waals surface area contributed by atoms with Gasteiger partial charge in [0.15, 0.2) is 0 Å². The van der Waals surface area contributed by atoms with E-state index in [1.807, 2.05) is 52.8 Å². The Morgan fingerprint density at radius 3 is 2.55 bits per heavy atom. The Morgan fingerprint density at radius 2 is 2.00 bits per heavy atom. The molecule has 0 aliphatic heterocycles. The van der Waals surface area contributed by atoms with Crippen LogP contribution in [0.15, 0.2) is 18.2 Å². The molecule has 1 aromatic carbocycles. The summed E-state index contributed by atoms with van der Waals surface area (Å²) >= 11 is 0. The molecule has 0 heterocycles. The Bertz CT molecular complexity index is 464. The Hall–Kier alpha value is -1.55. The molecule has 4 nitrogen and oxygen atoms in total. The van der Waals surface area contributed by atoms with Gasteiger partial charge in [0.25, 0.3) is 0 Å². The molecule has 0 atom stereocenters. The van der Waals surface area contributed by atoms with Crippen molar-refractivity contribution in [1.82, 2.24) is 0 Å². The van der Waals surface area contributed by atoms with Gasteiger partial charge in [-0.3, -0.25) is 0 Å². The van der Waals surface area contributed by atoms with Crippen LogP contribution in [0, 0.1) is 12.3 Å². The van der Waals surface area contributed by atoms with Gasteiger partial charge in [-0.25, -0.2) is 4.79 Å². The summed E-state index contributed by atoms with van der Waals surface area (Å²) in [5.41, 5.74) is 1.52. The molecule has 1 N–H and O–H groups in total. The van der Waals surface area contributed by atoms with Crippen LogP contribution in [0.25, 0.3) is 0 Å². The molecule has 0 saturated carbocycles. The standard InChI is InChI=1S/C16H24O4/c1-11(2)13-7-6-12(3)8-14(13)20-15(18)19-10-16(4,5)9-17/h6-8,11,17H,9-10H2,1-5H3. The summed E-state index contributed by atoms with van der Waals surface area (Å²) in [6.07, 6.45) is -0.737. The van der Waals surface area contributed by atoms with E-state index in [1.54, 1.807) is 0 Å². The number of aliphatic hydroxyl groups is 1. The van der Waals surface area contributed by atoms with Crippen LogP contribution in [-0.2, 0) is 4.74 Å². The number of carbonyl (C=O) groups excluding carboxylic acids is 1. The highest BCUT2D eigenvalue weighted by atomic mass is 16.7. The summed E-state index contributed by atoms with van der Waals surface area (Å²) in [5.74, 6) is 0.791. The number of ether oxygens (including phenoxy) is 2. The van der Waals surface area contributed by atoms with Gasteiger partial charge in [-0.05, 0) is 30.0 Å². The molecule has 0 bridgehead atoms. The SMILES string of the molecule is Cc1ccc(C(C)C)c(OC(=O)OCC(C)(C)CO)c1. The van der Waals surface area contributed by atoms with E-state index >= 15 is 0 Å². The van der Waals surface area contributed by atoms with Crippen molar-refractivity contribution in [3.63, 3.8) is 0 Å². The molecular formula is C16H24O4. The predicted molar refractivity (Wildman–Crippen MR) is 78.1 cm³/mol. The van der Waals surface area contributed by atoms with E-state index in [4.69, 9.17) is 14.6 Å². The van der Waals surface area contributed by atoms with Crippen molar-refractivity contribution in [2.45, 2.75) is 40.5 Å². The molecule has 1 aromatic rings. The molecule has 0 aromatic heterocycles. The molecule has 0 unspecified atom stereocenters. The number of carbonyl (C=O) groups is 1. The summed E-state index contributed by atoms with van der Waals surface area (Å²) < 4.78 is 10.3. The maximum absolute atomic E-state index is 11.7. The van der Waals surface area contributed by atoms with Crippen LogP contribution in [0.3, 0.4) is 0 Å². The second kappa shape index (κ2) is 6.75. The van der Waals surface area contributed by atoms with E-state index in [0.717, 1.165) is 11.1 Å². The normalized spacial score (nSPS) is 11.6. The number of benzene rings is 1. The smallest absolute Gasteiger partial charge is 0.433 e. The first-order chi connectivity index (χ1) is 9.25. The largest absolute Gasteiger partial charge is 0.513 e. The molecular weight excluding hydrogens is 256 g/mol. The number of aliphatic hydroxyl groups excluding tert-OH is 1. The molecule has 0 aliphatic carbocycles. The molecule has 4 heteroatoms. The zero-order valence-corrected chi connectivity index (χ0v) is 12.9. The first-order valence-electron chi connectivity index (χ1n) is 6.81. The van der Waals surface area contributed by atoms with Crippen LogP contribution in [0.2, 0.25) is 0 Å². The molecule has 0 saturated heterocycles. The van der Waals surface area contributed by atoms with Gasteiger partial charge in [0.2, 0.25) is 0 Å². The van der Waals surface area contributed by atoms with Crippen molar-refractivity contribution in [1.29, 1.82) is 0 Å². The lowest BCUT2D eigenvalue weighted by Crippen LogP contribution is -2.26. The average molecular weight is 280 g/mol. The fourth-order valence-corrected chi connectivity index (χ4v) is 1.63. The van der Waals surface area contributed by atoms with Crippen LogP contribution >= 0.6 is 0 Å². The Labute approximate surface area is 120 Å². The average Bonchev–Trinajstić information content (AvgIpc) is 2.36. The monoisotopic (exact) mass is 280 g/mol. The number of hydrogen-bond donors (Lipinski definition) is 1. The summed E-state index contributed by atoms with van der Waals surface area (Å²) in [5, 5.41) is 9.12. The molecule has 1 rings (SSSR count). The van der Waals surface area contributed by atoms with Crippen LogP contribution in [0.1, 0.15) is 44.7 Å². The Kier molecular flexibility index (Phi) is 5.57. The van der Waals surface area contributed by atoms with Crippen molar-refractivity contribution in [2.75, 3.05) is 13.2 Å². The maximum Gasteiger partial charge on any atom is 0.513 e. The van der Waals surface area contributed by atoms with Crippen molar-refractivity contribution >= 4 is 6.16 Å². The third-order valence-electron chi connectivity index (χ3n) is 2.99. The maximum atomic E-state index is 11.7. The number of aryl methyl sites for hydroxylation is 1. The summed E-state index contributed by atoms with van der Waals surface area (Å²) in [7, 11) is 0. The molecule has 0 fully saturated rings. The highest BCUT2D eigenvalue weighted by Crippen LogP contribution is 2.28. The molecule has 0 radical (unpaired) electrons. The predicted octanol–water partition coefficient (Wildman–Crippen LogP) is 3.65. The van der Waals surface area contributed by atoms with E-state index < -0.39 is 11.6 Å². The summed E-state index contributed by atoms with van der Waals surface area (Å²) in [6, 6.07) is 5.77. The van der Waals surface area contributed by atoms with Crippen LogP contribution in [0.5, 0.6) is 5.75 Å². The third kappa shape index (κ3) is 4.85. The second-order valence-corrected chi connectivity index (χ2v) is 6.16. The quantitative estimate of drug-likeness (QED) is 0.660. The Balaban J connectivity index is 2.73. The van der Waals surface area contributed by atoms with Gasteiger partial charge in [0.1, 0.15) is 12.4 Å². The zero-order valence-electron chi connectivity index (χ0n) is 12.9. The van der Waals surface area contributed by atoms with Gasteiger partial charge in [-0.15, -0.1) is 0 Å². The minimum Gasteiger partial charge on any atom is -0.433 e. The molecule has 20 heavy (non-hydrogen) atoms. The highest BCUT2D eigenvalue weighted by Gasteiger charge is 2.20. The van der Waals surface area contributed by atoms with Gasteiger partial charge in [0.05, 0.1) is 6.61 Å².